The first-order valence-corrected chi connectivity index (χ1v) is 6.83. The molecule has 0 radical (unpaired) electrons. The van der Waals surface area contributed by atoms with Crippen LogP contribution in [0.3, 0.4) is 0 Å². The first-order valence-electron chi connectivity index (χ1n) is 6.83. The minimum atomic E-state index is -0.565. The highest BCUT2D eigenvalue weighted by atomic mass is 16.6. The van der Waals surface area contributed by atoms with Crippen LogP contribution in [0.15, 0.2) is 60.7 Å². The molecule has 0 bridgehead atoms. The molecule has 2 amide bonds. The summed E-state index contributed by atoms with van der Waals surface area (Å²) in [6.07, 6.45) is -0.371. The van der Waals surface area contributed by atoms with Crippen molar-refractivity contribution in [2.75, 3.05) is 6.61 Å². The molecule has 0 N–H and O–H groups in total. The molecule has 1 heterocycles. The second kappa shape index (κ2) is 5.79. The number of benzene rings is 2. The number of nitrogens with zero attached hydrogens (tertiary/aromatic N) is 1. The molecular weight excluding hydrogens is 266 g/mol. The number of carbonyl (C=O) groups is 2. The van der Waals surface area contributed by atoms with E-state index >= 15 is 0 Å². The fraction of sp³-hybridized carbons (Fsp3) is 0.176. The minimum absolute atomic E-state index is 0.194. The Hall–Kier alpha value is -2.62. The largest absolute Gasteiger partial charge is 0.446 e. The van der Waals surface area contributed by atoms with Gasteiger partial charge in [0.05, 0.1) is 6.42 Å². The van der Waals surface area contributed by atoms with Gasteiger partial charge in [0.1, 0.15) is 12.6 Å². The predicted molar refractivity (Wildman–Crippen MR) is 77.5 cm³/mol. The van der Waals surface area contributed by atoms with Crippen molar-refractivity contribution in [2.45, 2.75) is 12.5 Å². The van der Waals surface area contributed by atoms with Gasteiger partial charge in [0.25, 0.3) is 0 Å². The molecule has 3 rings (SSSR count). The Morgan fingerprint density at radius 3 is 2.33 bits per heavy atom. The summed E-state index contributed by atoms with van der Waals surface area (Å²) in [5.41, 5.74) is 1.79. The van der Waals surface area contributed by atoms with E-state index in [1.165, 1.54) is 4.90 Å². The average molecular weight is 281 g/mol. The van der Waals surface area contributed by atoms with Crippen molar-refractivity contribution in [3.05, 3.63) is 71.8 Å². The van der Waals surface area contributed by atoms with Crippen molar-refractivity contribution < 1.29 is 14.3 Å². The van der Waals surface area contributed by atoms with Gasteiger partial charge in [0.2, 0.25) is 5.91 Å². The Balaban J connectivity index is 1.81. The molecule has 2 aromatic rings. The molecule has 0 aliphatic carbocycles. The summed E-state index contributed by atoms with van der Waals surface area (Å²) in [6, 6.07) is 18.5. The van der Waals surface area contributed by atoms with Crippen molar-refractivity contribution in [1.82, 2.24) is 4.90 Å². The van der Waals surface area contributed by atoms with E-state index < -0.39 is 6.09 Å². The highest BCUT2D eigenvalue weighted by Crippen LogP contribution is 2.28. The minimum Gasteiger partial charge on any atom is -0.446 e. The molecule has 0 aromatic heterocycles. The molecular formula is C17H15NO3. The van der Waals surface area contributed by atoms with Crippen LogP contribution in [0.5, 0.6) is 0 Å². The van der Waals surface area contributed by atoms with Crippen LogP contribution in [-0.4, -0.2) is 23.5 Å². The van der Waals surface area contributed by atoms with Crippen molar-refractivity contribution in [1.29, 1.82) is 0 Å². The highest BCUT2D eigenvalue weighted by Gasteiger charge is 2.38. The van der Waals surface area contributed by atoms with Crippen LogP contribution < -0.4 is 0 Å². The molecule has 2 aromatic carbocycles. The first kappa shape index (κ1) is 13.4. The van der Waals surface area contributed by atoms with Gasteiger partial charge >= 0.3 is 6.09 Å². The van der Waals surface area contributed by atoms with Gasteiger partial charge in [-0.3, -0.25) is 4.79 Å². The van der Waals surface area contributed by atoms with Gasteiger partial charge in [-0.2, -0.15) is 0 Å². The fourth-order valence-electron chi connectivity index (χ4n) is 2.47. The molecule has 1 fully saturated rings. The normalized spacial score (nSPS) is 17.6. The predicted octanol–water partition coefficient (Wildman–Crippen LogP) is 2.95. The van der Waals surface area contributed by atoms with Gasteiger partial charge in [-0.25, -0.2) is 9.69 Å². The molecule has 0 unspecified atom stereocenters. The van der Waals surface area contributed by atoms with E-state index in [9.17, 15) is 9.59 Å². The van der Waals surface area contributed by atoms with Crippen molar-refractivity contribution in [2.24, 2.45) is 0 Å². The van der Waals surface area contributed by atoms with Crippen LogP contribution in [0.4, 0.5) is 4.79 Å². The molecule has 0 spiro atoms. The molecule has 4 nitrogen and oxygen atoms in total. The van der Waals surface area contributed by atoms with Crippen LogP contribution >= 0.6 is 0 Å². The van der Waals surface area contributed by atoms with Gasteiger partial charge in [-0.1, -0.05) is 60.7 Å². The lowest BCUT2D eigenvalue weighted by Gasteiger charge is -2.19. The summed E-state index contributed by atoms with van der Waals surface area (Å²) >= 11 is 0. The molecule has 1 aliphatic rings. The van der Waals surface area contributed by atoms with Crippen LogP contribution in [0, 0.1) is 0 Å². The maximum absolute atomic E-state index is 12.4. The summed E-state index contributed by atoms with van der Waals surface area (Å²) in [7, 11) is 0. The number of hydrogen-bond donors (Lipinski definition) is 0. The van der Waals surface area contributed by atoms with E-state index in [0.29, 0.717) is 0 Å². The zero-order valence-electron chi connectivity index (χ0n) is 11.4. The number of amides is 2. The van der Waals surface area contributed by atoms with Crippen molar-refractivity contribution >= 4 is 12.0 Å². The third-order valence-electron chi connectivity index (χ3n) is 3.52. The lowest BCUT2D eigenvalue weighted by atomic mass is 10.1. The lowest BCUT2D eigenvalue weighted by molar-refractivity contribution is -0.128. The third kappa shape index (κ3) is 2.79. The summed E-state index contributed by atoms with van der Waals surface area (Å²) in [6.45, 7) is 0.212. The smallest absolute Gasteiger partial charge is 0.417 e. The summed E-state index contributed by atoms with van der Waals surface area (Å²) in [4.78, 5) is 25.5. The Kier molecular flexibility index (Phi) is 3.69. The molecule has 1 atom stereocenters. The van der Waals surface area contributed by atoms with Crippen LogP contribution in [0.1, 0.15) is 17.2 Å². The number of carbonyl (C=O) groups excluding carboxylic acids is 2. The number of rotatable bonds is 3. The van der Waals surface area contributed by atoms with E-state index in [1.54, 1.807) is 0 Å². The van der Waals surface area contributed by atoms with E-state index in [4.69, 9.17) is 4.74 Å². The van der Waals surface area contributed by atoms with Crippen molar-refractivity contribution in [3.63, 3.8) is 0 Å². The Labute approximate surface area is 123 Å². The van der Waals surface area contributed by atoms with Gasteiger partial charge < -0.3 is 4.74 Å². The van der Waals surface area contributed by atoms with Crippen molar-refractivity contribution in [3.8, 4) is 0 Å². The number of hydrogen-bond acceptors (Lipinski definition) is 3. The first-order chi connectivity index (χ1) is 10.3. The summed E-state index contributed by atoms with van der Waals surface area (Å²) in [5, 5.41) is 0. The standard InChI is InChI=1S/C17H15NO3/c19-16(11-13-7-3-1-4-8-13)18-15(12-21-17(18)20)14-9-5-2-6-10-14/h1-10,15H,11-12H2/t15-/m1/s1. The SMILES string of the molecule is O=C(Cc1ccccc1)N1C(=O)OC[C@@H]1c1ccccc1. The second-order valence-corrected chi connectivity index (χ2v) is 4.93. The number of ether oxygens (including phenoxy) is 1. The zero-order valence-corrected chi connectivity index (χ0v) is 11.4. The third-order valence-corrected chi connectivity index (χ3v) is 3.52. The topological polar surface area (TPSA) is 46.6 Å². The monoisotopic (exact) mass is 281 g/mol. The summed E-state index contributed by atoms with van der Waals surface area (Å²) in [5.74, 6) is -0.238. The quantitative estimate of drug-likeness (QED) is 0.869. The van der Waals surface area contributed by atoms with E-state index in [0.717, 1.165) is 11.1 Å². The van der Waals surface area contributed by atoms with Gasteiger partial charge in [-0.05, 0) is 11.1 Å². The Morgan fingerprint density at radius 1 is 1.05 bits per heavy atom. The average Bonchev–Trinajstić information content (AvgIpc) is 2.91. The molecule has 1 aliphatic heterocycles. The lowest BCUT2D eigenvalue weighted by Crippen LogP contribution is -2.35. The van der Waals surface area contributed by atoms with Gasteiger partial charge in [0.15, 0.2) is 0 Å². The maximum Gasteiger partial charge on any atom is 0.417 e. The highest BCUT2D eigenvalue weighted by molar-refractivity contribution is 5.94. The zero-order chi connectivity index (χ0) is 14.7. The number of cyclic esters (lactones) is 1. The van der Waals surface area contributed by atoms with Crippen LogP contribution in [0.2, 0.25) is 0 Å². The molecule has 106 valence electrons. The van der Waals surface area contributed by atoms with Gasteiger partial charge in [0, 0.05) is 0 Å². The van der Waals surface area contributed by atoms with E-state index in [-0.39, 0.29) is 25.0 Å². The molecule has 4 heteroatoms. The maximum atomic E-state index is 12.4. The Morgan fingerprint density at radius 2 is 1.67 bits per heavy atom. The Bertz CT molecular complexity index is 640. The van der Waals surface area contributed by atoms with E-state index in [1.807, 2.05) is 60.7 Å². The van der Waals surface area contributed by atoms with Crippen LogP contribution in [0.25, 0.3) is 0 Å². The van der Waals surface area contributed by atoms with Crippen LogP contribution in [-0.2, 0) is 16.0 Å². The fourth-order valence-corrected chi connectivity index (χ4v) is 2.47. The summed E-state index contributed by atoms with van der Waals surface area (Å²) < 4.78 is 5.06. The van der Waals surface area contributed by atoms with E-state index in [2.05, 4.69) is 0 Å². The molecule has 1 saturated heterocycles. The molecule has 0 saturated carbocycles. The molecule has 21 heavy (non-hydrogen) atoms. The second-order valence-electron chi connectivity index (χ2n) is 4.93. The number of imide groups is 1. The van der Waals surface area contributed by atoms with Gasteiger partial charge in [-0.15, -0.1) is 0 Å².